The number of benzene rings is 2. The van der Waals surface area contributed by atoms with Gasteiger partial charge in [-0.15, -0.1) is 11.8 Å². The van der Waals surface area contributed by atoms with E-state index in [-0.39, 0.29) is 12.4 Å². The second-order valence-electron chi connectivity index (χ2n) is 4.83. The molecule has 0 amide bonds. The van der Waals surface area contributed by atoms with Gasteiger partial charge in [-0.25, -0.2) is 0 Å². The van der Waals surface area contributed by atoms with Crippen molar-refractivity contribution in [1.29, 1.82) is 0 Å². The Hall–Kier alpha value is -1.98. The van der Waals surface area contributed by atoms with E-state index in [1.807, 2.05) is 36.4 Å². The summed E-state index contributed by atoms with van der Waals surface area (Å²) in [5, 5.41) is 0. The first-order chi connectivity index (χ1) is 11.2. The molecule has 0 bridgehead atoms. The van der Waals surface area contributed by atoms with E-state index in [0.717, 1.165) is 16.4 Å². The third-order valence-corrected chi connectivity index (χ3v) is 4.42. The third kappa shape index (κ3) is 4.50. The van der Waals surface area contributed by atoms with Crippen molar-refractivity contribution in [1.82, 2.24) is 0 Å². The van der Waals surface area contributed by atoms with Crippen LogP contribution in [0.1, 0.15) is 15.9 Å². The Balaban J connectivity index is 2.15. The molecule has 122 valence electrons. The minimum atomic E-state index is -0.0868. The van der Waals surface area contributed by atoms with Crippen molar-refractivity contribution in [2.24, 2.45) is 0 Å². The first-order valence-corrected chi connectivity index (χ1v) is 8.13. The molecular weight excluding hydrogens is 312 g/mol. The van der Waals surface area contributed by atoms with Crippen LogP contribution >= 0.6 is 11.8 Å². The molecule has 5 heteroatoms. The van der Waals surface area contributed by atoms with Crippen LogP contribution in [0.2, 0.25) is 0 Å². The van der Waals surface area contributed by atoms with Gasteiger partial charge in [-0.1, -0.05) is 18.2 Å². The monoisotopic (exact) mass is 332 g/mol. The number of ketones is 1. The van der Waals surface area contributed by atoms with Crippen molar-refractivity contribution in [2.75, 3.05) is 27.9 Å². The molecule has 0 saturated heterocycles. The lowest BCUT2D eigenvalue weighted by atomic mass is 10.1. The first kappa shape index (κ1) is 17.4. The number of carbonyl (C=O) groups excluding carboxylic acids is 1. The van der Waals surface area contributed by atoms with Crippen molar-refractivity contribution < 1.29 is 19.0 Å². The molecule has 0 unspecified atom stereocenters. The van der Waals surface area contributed by atoms with Crippen molar-refractivity contribution in [2.45, 2.75) is 10.6 Å². The Morgan fingerprint density at radius 2 is 1.74 bits per heavy atom. The van der Waals surface area contributed by atoms with Crippen LogP contribution < -0.4 is 9.47 Å². The molecule has 0 saturated carbocycles. The van der Waals surface area contributed by atoms with E-state index in [4.69, 9.17) is 14.2 Å². The molecule has 0 aliphatic carbocycles. The molecule has 23 heavy (non-hydrogen) atoms. The third-order valence-electron chi connectivity index (χ3n) is 3.31. The van der Waals surface area contributed by atoms with E-state index < -0.39 is 0 Å². The number of hydrogen-bond acceptors (Lipinski definition) is 5. The second kappa shape index (κ2) is 8.60. The van der Waals surface area contributed by atoms with E-state index in [2.05, 4.69) is 0 Å². The lowest BCUT2D eigenvalue weighted by Crippen LogP contribution is -2.09. The largest absolute Gasteiger partial charge is 0.497 e. The fourth-order valence-electron chi connectivity index (χ4n) is 2.15. The molecule has 0 aromatic heterocycles. The van der Waals surface area contributed by atoms with Crippen molar-refractivity contribution in [3.63, 3.8) is 0 Å². The van der Waals surface area contributed by atoms with Gasteiger partial charge in [-0.2, -0.15) is 0 Å². The number of methoxy groups -OCH3 is 3. The maximum atomic E-state index is 12.1. The Morgan fingerprint density at radius 3 is 2.35 bits per heavy atom. The number of para-hydroxylation sites is 1. The normalized spacial score (nSPS) is 10.4. The number of thioether (sulfide) groups is 1. The van der Waals surface area contributed by atoms with Crippen molar-refractivity contribution >= 4 is 17.5 Å². The highest BCUT2D eigenvalue weighted by Crippen LogP contribution is 2.34. The van der Waals surface area contributed by atoms with Crippen LogP contribution in [0.5, 0.6) is 11.5 Å². The number of hydrogen-bond donors (Lipinski definition) is 0. The summed E-state index contributed by atoms with van der Waals surface area (Å²) in [6, 6.07) is 13.5. The summed E-state index contributed by atoms with van der Waals surface area (Å²) in [6.45, 7) is 0.0446. The van der Waals surface area contributed by atoms with Gasteiger partial charge in [-0.05, 0) is 29.8 Å². The van der Waals surface area contributed by atoms with Gasteiger partial charge in [0.05, 0.1) is 24.7 Å². The van der Waals surface area contributed by atoms with Crippen LogP contribution in [0.25, 0.3) is 0 Å². The average molecular weight is 332 g/mol. The summed E-state index contributed by atoms with van der Waals surface area (Å²) >= 11 is 1.63. The molecule has 0 N–H and O–H groups in total. The topological polar surface area (TPSA) is 44.8 Å². The molecule has 2 aromatic carbocycles. The molecule has 0 fully saturated rings. The van der Waals surface area contributed by atoms with Gasteiger partial charge in [0.25, 0.3) is 0 Å². The average Bonchev–Trinajstić information content (AvgIpc) is 2.60. The Labute approximate surface area is 140 Å². The molecule has 4 nitrogen and oxygen atoms in total. The van der Waals surface area contributed by atoms with Crippen LogP contribution in [0.3, 0.4) is 0 Å². The van der Waals surface area contributed by atoms with Gasteiger partial charge in [0, 0.05) is 12.9 Å². The van der Waals surface area contributed by atoms with Gasteiger partial charge in [0.15, 0.2) is 5.78 Å². The fourth-order valence-corrected chi connectivity index (χ4v) is 3.17. The van der Waals surface area contributed by atoms with Crippen molar-refractivity contribution in [3.8, 4) is 11.5 Å². The van der Waals surface area contributed by atoms with Gasteiger partial charge >= 0.3 is 0 Å². The zero-order chi connectivity index (χ0) is 16.7. The second-order valence-corrected chi connectivity index (χ2v) is 5.85. The molecule has 0 aliphatic heterocycles. The Bertz CT molecular complexity index is 653. The highest BCUT2D eigenvalue weighted by atomic mass is 32.2. The maximum absolute atomic E-state index is 12.1. The van der Waals surface area contributed by atoms with Gasteiger partial charge in [0.1, 0.15) is 18.1 Å². The summed E-state index contributed by atoms with van der Waals surface area (Å²) < 4.78 is 15.5. The van der Waals surface area contributed by atoms with Gasteiger partial charge in [-0.3, -0.25) is 4.79 Å². The molecule has 0 atom stereocenters. The maximum Gasteiger partial charge on any atom is 0.192 e. The zero-order valence-electron chi connectivity index (χ0n) is 13.5. The van der Waals surface area contributed by atoms with Gasteiger partial charge < -0.3 is 14.2 Å². The van der Waals surface area contributed by atoms with Crippen LogP contribution in [-0.4, -0.2) is 33.7 Å². The number of rotatable bonds is 8. The van der Waals surface area contributed by atoms with E-state index in [1.54, 1.807) is 32.0 Å². The molecule has 0 aliphatic rings. The summed E-state index contributed by atoms with van der Waals surface area (Å²) in [6.07, 6.45) is 0. The molecule has 2 aromatic rings. The van der Waals surface area contributed by atoms with Crippen LogP contribution in [0.4, 0.5) is 0 Å². The van der Waals surface area contributed by atoms with Crippen LogP contribution in [0, 0.1) is 0 Å². The molecule has 0 heterocycles. The molecule has 0 radical (unpaired) electrons. The van der Waals surface area contributed by atoms with Crippen LogP contribution in [-0.2, 0) is 10.5 Å². The van der Waals surface area contributed by atoms with Crippen LogP contribution in [0.15, 0.2) is 47.4 Å². The van der Waals surface area contributed by atoms with Gasteiger partial charge in [0.2, 0.25) is 0 Å². The molecular formula is C18H20O4S. The number of ether oxygens (including phenoxy) is 3. The number of carbonyl (C=O) groups is 1. The van der Waals surface area contributed by atoms with Crippen molar-refractivity contribution in [3.05, 3.63) is 53.6 Å². The minimum absolute atomic E-state index is 0.0446. The van der Waals surface area contributed by atoms with E-state index >= 15 is 0 Å². The quantitative estimate of drug-likeness (QED) is 0.543. The lowest BCUT2D eigenvalue weighted by molar-refractivity contribution is 0.0844. The number of Topliss-reactive ketones (excluding diaryl/α,β-unsaturated/α-hetero) is 1. The Kier molecular flexibility index (Phi) is 6.50. The summed E-state index contributed by atoms with van der Waals surface area (Å²) in [5.41, 5.74) is 1.72. The predicted octanol–water partition coefficient (Wildman–Crippen LogP) is 3.83. The first-order valence-electron chi connectivity index (χ1n) is 7.14. The summed E-state index contributed by atoms with van der Waals surface area (Å²) in [4.78, 5) is 13.0. The SMILES string of the molecule is COCC(=O)c1cccc(SCc2ccc(OC)cc2)c1OC. The minimum Gasteiger partial charge on any atom is -0.497 e. The molecule has 0 spiro atoms. The summed E-state index contributed by atoms with van der Waals surface area (Å²) in [5.74, 6) is 2.13. The molecule has 2 rings (SSSR count). The highest BCUT2D eigenvalue weighted by molar-refractivity contribution is 7.98. The Morgan fingerprint density at radius 1 is 1.00 bits per heavy atom. The summed E-state index contributed by atoms with van der Waals surface area (Å²) in [7, 11) is 4.74. The fraction of sp³-hybridized carbons (Fsp3) is 0.278. The van der Waals surface area contributed by atoms with E-state index in [0.29, 0.717) is 11.3 Å². The predicted molar refractivity (Wildman–Crippen MR) is 91.8 cm³/mol. The zero-order valence-corrected chi connectivity index (χ0v) is 14.3. The highest BCUT2D eigenvalue weighted by Gasteiger charge is 2.15. The lowest BCUT2D eigenvalue weighted by Gasteiger charge is -2.12. The standard InChI is InChI=1S/C18H20O4S/c1-20-11-16(19)15-5-4-6-17(18(15)22-3)23-12-13-7-9-14(21-2)10-8-13/h4-10H,11-12H2,1-3H3. The smallest absolute Gasteiger partial charge is 0.192 e. The van der Waals surface area contributed by atoms with E-state index in [1.165, 1.54) is 12.7 Å². The van der Waals surface area contributed by atoms with E-state index in [9.17, 15) is 4.79 Å².